The van der Waals surface area contributed by atoms with E-state index in [4.69, 9.17) is 9.47 Å². The number of carbonyl (C=O) groups excluding carboxylic acids is 2. The summed E-state index contributed by atoms with van der Waals surface area (Å²) in [6, 6.07) is 0. The summed E-state index contributed by atoms with van der Waals surface area (Å²) in [6.07, 6.45) is 7.53. The van der Waals surface area contributed by atoms with Gasteiger partial charge >= 0.3 is 11.9 Å². The molecule has 4 nitrogen and oxygen atoms in total. The molecular formula is C20H22O4. The third kappa shape index (κ3) is 3.04. The summed E-state index contributed by atoms with van der Waals surface area (Å²) in [5.74, 6) is -1.12. The number of fused-ring (bicyclic) bond motifs is 1. The highest BCUT2D eigenvalue weighted by Crippen LogP contribution is 2.39. The zero-order valence-electron chi connectivity index (χ0n) is 14.9. The zero-order valence-corrected chi connectivity index (χ0v) is 14.9. The molecule has 24 heavy (non-hydrogen) atoms. The molecule has 2 rings (SSSR count). The molecule has 0 radical (unpaired) electrons. The molecule has 0 aromatic carbocycles. The van der Waals surface area contributed by atoms with Crippen LogP contribution in [0.2, 0.25) is 0 Å². The van der Waals surface area contributed by atoms with Crippen molar-refractivity contribution in [1.29, 1.82) is 0 Å². The summed E-state index contributed by atoms with van der Waals surface area (Å²) in [5.41, 5.74) is 6.09. The minimum Gasteiger partial charge on any atom is -0.465 e. The molecule has 0 unspecified atom stereocenters. The van der Waals surface area contributed by atoms with Gasteiger partial charge in [0.25, 0.3) is 0 Å². The first-order valence-corrected chi connectivity index (χ1v) is 7.70. The van der Waals surface area contributed by atoms with Crippen LogP contribution in [-0.2, 0) is 19.1 Å². The SMILES string of the molecule is COC(=O)C1=C[13CH]=C(C)[13C]2=C(C)C=C(C)C=C(C)C2=C1C(=O)OC. The second kappa shape index (κ2) is 6.87. The van der Waals surface area contributed by atoms with E-state index in [0.29, 0.717) is 0 Å². The summed E-state index contributed by atoms with van der Waals surface area (Å²) in [4.78, 5) is 24.8. The van der Waals surface area contributed by atoms with Gasteiger partial charge in [0, 0.05) is 5.57 Å². The van der Waals surface area contributed by atoms with Gasteiger partial charge in [-0.25, -0.2) is 9.59 Å². The first-order valence-electron chi connectivity index (χ1n) is 7.70. The van der Waals surface area contributed by atoms with Crippen LogP contribution in [0.5, 0.6) is 0 Å². The number of hydrogen-bond acceptors (Lipinski definition) is 4. The van der Waals surface area contributed by atoms with Gasteiger partial charge in [-0.15, -0.1) is 0 Å². The van der Waals surface area contributed by atoms with E-state index in [9.17, 15) is 9.59 Å². The van der Waals surface area contributed by atoms with Gasteiger partial charge in [0.05, 0.1) is 25.4 Å². The Labute approximate surface area is 142 Å². The monoisotopic (exact) mass is 328 g/mol. The molecule has 0 amide bonds. The van der Waals surface area contributed by atoms with E-state index in [0.717, 1.165) is 33.4 Å². The molecule has 126 valence electrons. The van der Waals surface area contributed by atoms with Gasteiger partial charge in [-0.05, 0) is 56.1 Å². The third-order valence-corrected chi connectivity index (χ3v) is 4.14. The number of methoxy groups -OCH3 is 2. The number of carbonyl (C=O) groups is 2. The Hall–Kier alpha value is -2.62. The van der Waals surface area contributed by atoms with Crippen LogP contribution in [0.3, 0.4) is 0 Å². The predicted octanol–water partition coefficient (Wildman–Crippen LogP) is 3.74. The number of allylic oxidation sites excluding steroid dienone is 10. The Bertz CT molecular complexity index is 795. The third-order valence-electron chi connectivity index (χ3n) is 4.14. The molecule has 0 aromatic rings. The van der Waals surface area contributed by atoms with E-state index < -0.39 is 11.9 Å². The fourth-order valence-electron chi connectivity index (χ4n) is 3.20. The minimum absolute atomic E-state index is 0.203. The summed E-state index contributed by atoms with van der Waals surface area (Å²) in [6.45, 7) is 7.90. The number of ether oxygens (including phenoxy) is 2. The summed E-state index contributed by atoms with van der Waals surface area (Å²) in [7, 11) is 2.61. The maximum atomic E-state index is 12.5. The molecule has 0 N–H and O–H groups in total. The lowest BCUT2D eigenvalue weighted by molar-refractivity contribution is -0.139. The minimum atomic E-state index is -0.562. The van der Waals surface area contributed by atoms with Crippen molar-refractivity contribution < 1.29 is 19.1 Å². The second-order valence-corrected chi connectivity index (χ2v) is 5.94. The van der Waals surface area contributed by atoms with E-state index in [1.807, 2.05) is 39.8 Å². The Morgan fingerprint density at radius 2 is 1.42 bits per heavy atom. The summed E-state index contributed by atoms with van der Waals surface area (Å²) in [5, 5.41) is 0. The lowest BCUT2D eigenvalue weighted by atomic mass is 9.96. The maximum Gasteiger partial charge on any atom is 0.339 e. The highest BCUT2D eigenvalue weighted by molar-refractivity contribution is 6.09. The Morgan fingerprint density at radius 3 is 2.00 bits per heavy atom. The predicted molar refractivity (Wildman–Crippen MR) is 93.1 cm³/mol. The molecule has 0 heterocycles. The van der Waals surface area contributed by atoms with Crippen molar-refractivity contribution in [2.75, 3.05) is 14.2 Å². The molecule has 0 saturated heterocycles. The van der Waals surface area contributed by atoms with E-state index in [-0.39, 0.29) is 11.1 Å². The largest absolute Gasteiger partial charge is 0.465 e. The van der Waals surface area contributed by atoms with Gasteiger partial charge in [0.15, 0.2) is 0 Å². The van der Waals surface area contributed by atoms with Crippen molar-refractivity contribution in [1.82, 2.24) is 0 Å². The van der Waals surface area contributed by atoms with Crippen LogP contribution >= 0.6 is 0 Å². The van der Waals surface area contributed by atoms with Crippen molar-refractivity contribution in [3.63, 3.8) is 0 Å². The smallest absolute Gasteiger partial charge is 0.339 e. The quantitative estimate of drug-likeness (QED) is 0.572. The lowest BCUT2D eigenvalue weighted by Gasteiger charge is -2.18. The van der Waals surface area contributed by atoms with Crippen LogP contribution < -0.4 is 0 Å². The normalized spacial score (nSPS) is 17.8. The van der Waals surface area contributed by atoms with E-state index >= 15 is 0 Å². The highest BCUT2D eigenvalue weighted by Gasteiger charge is 2.31. The van der Waals surface area contributed by atoms with Crippen molar-refractivity contribution in [2.45, 2.75) is 27.7 Å². The first kappa shape index (κ1) is 17.7. The van der Waals surface area contributed by atoms with Gasteiger partial charge in [0.1, 0.15) is 0 Å². The van der Waals surface area contributed by atoms with Gasteiger partial charge in [-0.1, -0.05) is 23.8 Å². The molecule has 0 fully saturated rings. The standard InChI is InChI=1S/C20H22O4/c1-11-9-13(3)16-12(2)7-8-15(19(21)23-5)18(20(22)24-6)17(16)14(4)10-11/h7-10H,1-6H3/i7+1,16+1. The van der Waals surface area contributed by atoms with Crippen molar-refractivity contribution in [3.05, 3.63) is 68.9 Å². The fraction of sp³-hybridized carbons (Fsp3) is 0.300. The maximum absolute atomic E-state index is 12.5. The van der Waals surface area contributed by atoms with Crippen LogP contribution in [0.4, 0.5) is 0 Å². The summed E-state index contributed by atoms with van der Waals surface area (Å²) >= 11 is 0. The van der Waals surface area contributed by atoms with Crippen molar-refractivity contribution >= 4 is 11.9 Å². The number of rotatable bonds is 2. The molecule has 0 aromatic heterocycles. The Balaban J connectivity index is 2.96. The second-order valence-electron chi connectivity index (χ2n) is 5.94. The molecule has 0 saturated carbocycles. The van der Waals surface area contributed by atoms with E-state index in [1.165, 1.54) is 14.2 Å². The van der Waals surface area contributed by atoms with E-state index in [1.54, 1.807) is 6.08 Å². The molecule has 4 heteroatoms. The Kier molecular flexibility index (Phi) is 5.07. The topological polar surface area (TPSA) is 52.6 Å². The van der Waals surface area contributed by atoms with Gasteiger partial charge in [-0.3, -0.25) is 0 Å². The number of hydrogen-bond donors (Lipinski definition) is 0. The molecule has 0 spiro atoms. The molecular weight excluding hydrogens is 306 g/mol. The highest BCUT2D eigenvalue weighted by atomic mass is 16.5. The molecule has 2 aliphatic carbocycles. The van der Waals surface area contributed by atoms with Crippen LogP contribution in [0.15, 0.2) is 68.9 Å². The molecule has 0 bridgehead atoms. The van der Waals surface area contributed by atoms with Crippen molar-refractivity contribution in [2.24, 2.45) is 0 Å². The van der Waals surface area contributed by atoms with Crippen LogP contribution in [0.25, 0.3) is 0 Å². The average Bonchev–Trinajstić information content (AvgIpc) is 2.75. The number of esters is 2. The lowest BCUT2D eigenvalue weighted by Crippen LogP contribution is -2.18. The molecule has 0 aliphatic heterocycles. The Morgan fingerprint density at radius 1 is 0.792 bits per heavy atom. The average molecular weight is 328 g/mol. The molecule has 2 aliphatic rings. The zero-order chi connectivity index (χ0) is 18.0. The van der Waals surface area contributed by atoms with Gasteiger partial charge in [0.2, 0.25) is 0 Å². The van der Waals surface area contributed by atoms with Crippen LogP contribution in [0.1, 0.15) is 27.7 Å². The van der Waals surface area contributed by atoms with Crippen LogP contribution in [-0.4, -0.2) is 26.2 Å². The van der Waals surface area contributed by atoms with Crippen molar-refractivity contribution in [3.8, 4) is 0 Å². The van der Waals surface area contributed by atoms with Gasteiger partial charge < -0.3 is 9.47 Å². The summed E-state index contributed by atoms with van der Waals surface area (Å²) < 4.78 is 9.84. The van der Waals surface area contributed by atoms with E-state index in [2.05, 4.69) is 6.08 Å². The van der Waals surface area contributed by atoms with Gasteiger partial charge in [-0.2, -0.15) is 0 Å². The fourth-order valence-corrected chi connectivity index (χ4v) is 3.20. The first-order chi connectivity index (χ1) is 11.3. The van der Waals surface area contributed by atoms with Crippen LogP contribution in [0, 0.1) is 0 Å². The molecule has 0 atom stereocenters.